The third kappa shape index (κ3) is 2.66. The van der Waals surface area contributed by atoms with Crippen molar-refractivity contribution in [3.63, 3.8) is 0 Å². The Morgan fingerprint density at radius 3 is 2.78 bits per heavy atom. The van der Waals surface area contributed by atoms with Crippen molar-refractivity contribution in [1.82, 2.24) is 20.1 Å². The number of para-hydroxylation sites is 1. The Kier molecular flexibility index (Phi) is 3.27. The Morgan fingerprint density at radius 1 is 1.00 bits per heavy atom. The lowest BCUT2D eigenvalue weighted by atomic mass is 10.1. The number of aromatic amines is 2. The van der Waals surface area contributed by atoms with Gasteiger partial charge in [0.25, 0.3) is 0 Å². The van der Waals surface area contributed by atoms with Crippen LogP contribution in [-0.4, -0.2) is 20.1 Å². The number of nitrogens with one attached hydrogen (secondary N) is 2. The van der Waals surface area contributed by atoms with E-state index in [9.17, 15) is 4.79 Å². The highest BCUT2D eigenvalue weighted by atomic mass is 16.5. The SMILES string of the molecule is O=c1ccc(-c2noc(CCc3c[nH]c4ccccc34)n2)c[nH]1. The van der Waals surface area contributed by atoms with E-state index < -0.39 is 0 Å². The first kappa shape index (κ1) is 13.5. The average Bonchev–Trinajstić information content (AvgIpc) is 3.20. The lowest BCUT2D eigenvalue weighted by Gasteiger charge is -1.96. The molecule has 0 aliphatic heterocycles. The van der Waals surface area contributed by atoms with Crippen LogP contribution in [0.3, 0.4) is 0 Å². The van der Waals surface area contributed by atoms with Gasteiger partial charge in [0.05, 0.1) is 0 Å². The summed E-state index contributed by atoms with van der Waals surface area (Å²) < 4.78 is 5.30. The van der Waals surface area contributed by atoms with Crippen molar-refractivity contribution in [2.24, 2.45) is 0 Å². The molecule has 0 atom stereocenters. The van der Waals surface area contributed by atoms with Gasteiger partial charge in [0.15, 0.2) is 0 Å². The van der Waals surface area contributed by atoms with Crippen LogP contribution in [0.25, 0.3) is 22.3 Å². The number of hydrogen-bond donors (Lipinski definition) is 2. The van der Waals surface area contributed by atoms with Crippen LogP contribution in [0.15, 0.2) is 58.1 Å². The van der Waals surface area contributed by atoms with E-state index in [2.05, 4.69) is 32.2 Å². The van der Waals surface area contributed by atoms with Crippen molar-refractivity contribution < 1.29 is 4.52 Å². The number of H-pyrrole nitrogens is 2. The monoisotopic (exact) mass is 306 g/mol. The minimum absolute atomic E-state index is 0.156. The van der Waals surface area contributed by atoms with Gasteiger partial charge < -0.3 is 14.5 Å². The topological polar surface area (TPSA) is 87.6 Å². The molecule has 0 unspecified atom stereocenters. The van der Waals surface area contributed by atoms with Crippen molar-refractivity contribution in [3.05, 3.63) is 70.6 Å². The fraction of sp³-hybridized carbons (Fsp3) is 0.118. The molecular weight excluding hydrogens is 292 g/mol. The summed E-state index contributed by atoms with van der Waals surface area (Å²) in [6, 6.07) is 11.3. The van der Waals surface area contributed by atoms with Crippen LogP contribution < -0.4 is 5.56 Å². The fourth-order valence-corrected chi connectivity index (χ4v) is 2.60. The molecule has 6 heteroatoms. The van der Waals surface area contributed by atoms with Crippen LogP contribution in [-0.2, 0) is 12.8 Å². The molecule has 0 amide bonds. The molecule has 1 aromatic carbocycles. The summed E-state index contributed by atoms with van der Waals surface area (Å²) in [6.45, 7) is 0. The minimum atomic E-state index is -0.156. The summed E-state index contributed by atoms with van der Waals surface area (Å²) in [4.78, 5) is 21.3. The summed E-state index contributed by atoms with van der Waals surface area (Å²) in [6.07, 6.45) is 5.08. The van der Waals surface area contributed by atoms with E-state index in [0.29, 0.717) is 18.1 Å². The summed E-state index contributed by atoms with van der Waals surface area (Å²) in [5, 5.41) is 5.18. The van der Waals surface area contributed by atoms with Gasteiger partial charge in [-0.2, -0.15) is 4.98 Å². The molecule has 6 nitrogen and oxygen atoms in total. The lowest BCUT2D eigenvalue weighted by Crippen LogP contribution is -2.01. The van der Waals surface area contributed by atoms with E-state index in [4.69, 9.17) is 4.52 Å². The number of fused-ring (bicyclic) bond motifs is 1. The summed E-state index contributed by atoms with van der Waals surface area (Å²) in [5.41, 5.74) is 2.93. The van der Waals surface area contributed by atoms with Crippen LogP contribution in [0.1, 0.15) is 11.5 Å². The van der Waals surface area contributed by atoms with Crippen LogP contribution in [0.4, 0.5) is 0 Å². The maximum absolute atomic E-state index is 11.1. The van der Waals surface area contributed by atoms with Gasteiger partial charge in [0, 0.05) is 41.3 Å². The van der Waals surface area contributed by atoms with Gasteiger partial charge in [-0.3, -0.25) is 4.79 Å². The van der Waals surface area contributed by atoms with Gasteiger partial charge >= 0.3 is 0 Å². The molecule has 4 rings (SSSR count). The highest BCUT2D eigenvalue weighted by molar-refractivity contribution is 5.83. The molecular formula is C17H14N4O2. The van der Waals surface area contributed by atoms with E-state index in [-0.39, 0.29) is 5.56 Å². The Labute approximate surface area is 131 Å². The van der Waals surface area contributed by atoms with Gasteiger partial charge in [0.1, 0.15) is 0 Å². The van der Waals surface area contributed by atoms with Crippen LogP contribution in [0, 0.1) is 0 Å². The molecule has 0 fully saturated rings. The van der Waals surface area contributed by atoms with Gasteiger partial charge in [-0.15, -0.1) is 0 Å². The quantitative estimate of drug-likeness (QED) is 0.607. The predicted molar refractivity (Wildman–Crippen MR) is 86.1 cm³/mol. The smallest absolute Gasteiger partial charge is 0.247 e. The summed E-state index contributed by atoms with van der Waals surface area (Å²) >= 11 is 0. The normalized spacial score (nSPS) is 11.1. The van der Waals surface area contributed by atoms with Crippen LogP contribution in [0.2, 0.25) is 0 Å². The molecule has 0 saturated carbocycles. The molecule has 23 heavy (non-hydrogen) atoms. The summed E-state index contributed by atoms with van der Waals surface area (Å²) in [7, 11) is 0. The Balaban J connectivity index is 1.52. The maximum atomic E-state index is 11.1. The zero-order valence-electron chi connectivity index (χ0n) is 12.2. The van der Waals surface area contributed by atoms with Crippen molar-refractivity contribution in [2.75, 3.05) is 0 Å². The van der Waals surface area contributed by atoms with E-state index in [1.54, 1.807) is 12.3 Å². The molecule has 4 aromatic rings. The predicted octanol–water partition coefficient (Wildman–Crippen LogP) is 2.69. The Hall–Kier alpha value is -3.15. The zero-order chi connectivity index (χ0) is 15.6. The number of nitrogens with zero attached hydrogens (tertiary/aromatic N) is 2. The molecule has 0 radical (unpaired) electrons. The number of hydrogen-bond acceptors (Lipinski definition) is 4. The molecule has 3 heterocycles. The average molecular weight is 306 g/mol. The van der Waals surface area contributed by atoms with E-state index in [1.165, 1.54) is 17.0 Å². The Morgan fingerprint density at radius 2 is 1.91 bits per heavy atom. The molecule has 0 aliphatic carbocycles. The highest BCUT2D eigenvalue weighted by Crippen LogP contribution is 2.20. The van der Waals surface area contributed by atoms with Gasteiger partial charge in [-0.1, -0.05) is 23.4 Å². The van der Waals surface area contributed by atoms with Crippen LogP contribution >= 0.6 is 0 Å². The first-order valence-corrected chi connectivity index (χ1v) is 7.36. The number of pyridine rings is 1. The largest absolute Gasteiger partial charge is 0.361 e. The van der Waals surface area contributed by atoms with Crippen molar-refractivity contribution in [1.29, 1.82) is 0 Å². The molecule has 0 aliphatic rings. The highest BCUT2D eigenvalue weighted by Gasteiger charge is 2.10. The second-order valence-corrected chi connectivity index (χ2v) is 5.31. The third-order valence-corrected chi connectivity index (χ3v) is 3.79. The van der Waals surface area contributed by atoms with Crippen molar-refractivity contribution >= 4 is 10.9 Å². The number of aryl methyl sites for hydroxylation is 2. The standard InChI is InChI=1S/C17H14N4O2/c22-15-7-5-12(10-19-15)17-20-16(23-21-17)8-6-11-9-18-14-4-2-1-3-13(11)14/h1-5,7,9-10,18H,6,8H2,(H,19,22). The number of benzene rings is 1. The van der Waals surface area contributed by atoms with Gasteiger partial charge in [-0.05, 0) is 24.1 Å². The van der Waals surface area contributed by atoms with Crippen molar-refractivity contribution in [3.8, 4) is 11.4 Å². The minimum Gasteiger partial charge on any atom is -0.361 e. The lowest BCUT2D eigenvalue weighted by molar-refractivity contribution is 0.379. The Bertz CT molecular complexity index is 992. The number of aromatic nitrogens is 4. The van der Waals surface area contributed by atoms with Crippen molar-refractivity contribution in [2.45, 2.75) is 12.8 Å². The zero-order valence-corrected chi connectivity index (χ0v) is 12.2. The first-order valence-electron chi connectivity index (χ1n) is 7.36. The second-order valence-electron chi connectivity index (χ2n) is 5.31. The maximum Gasteiger partial charge on any atom is 0.247 e. The van der Waals surface area contributed by atoms with E-state index in [0.717, 1.165) is 17.5 Å². The van der Waals surface area contributed by atoms with E-state index >= 15 is 0 Å². The summed E-state index contributed by atoms with van der Waals surface area (Å²) in [5.74, 6) is 1.06. The molecule has 114 valence electrons. The molecule has 0 bridgehead atoms. The van der Waals surface area contributed by atoms with Gasteiger partial charge in [0.2, 0.25) is 17.3 Å². The number of rotatable bonds is 4. The molecule has 0 spiro atoms. The van der Waals surface area contributed by atoms with Gasteiger partial charge in [-0.25, -0.2) is 0 Å². The molecule has 0 saturated heterocycles. The van der Waals surface area contributed by atoms with Crippen LogP contribution in [0.5, 0.6) is 0 Å². The fourth-order valence-electron chi connectivity index (χ4n) is 2.60. The second kappa shape index (κ2) is 5.57. The van der Waals surface area contributed by atoms with E-state index in [1.807, 2.05) is 18.3 Å². The molecule has 2 N–H and O–H groups in total. The first-order chi connectivity index (χ1) is 11.3. The molecule has 3 aromatic heterocycles. The third-order valence-electron chi connectivity index (χ3n) is 3.79.